The maximum Gasteiger partial charge on any atom is 0.421 e. The third-order valence-corrected chi connectivity index (χ3v) is 1.01. The first-order valence-electron chi connectivity index (χ1n) is 3.11. The lowest BCUT2D eigenvalue weighted by Crippen LogP contribution is -2.21. The Bertz CT molecular complexity index is 263. The van der Waals surface area contributed by atoms with E-state index in [0.29, 0.717) is 6.08 Å². The number of hydrogen-bond acceptors (Lipinski definition) is 3. The highest BCUT2D eigenvalue weighted by Crippen LogP contribution is 2.17. The summed E-state index contributed by atoms with van der Waals surface area (Å²) in [5.74, 6) is 0. The molecule has 0 saturated heterocycles. The number of alkyl halides is 2. The van der Waals surface area contributed by atoms with Crippen LogP contribution in [0.1, 0.15) is 0 Å². The number of aromatic nitrogens is 2. The van der Waals surface area contributed by atoms with Crippen LogP contribution in [0.3, 0.4) is 0 Å². The molecule has 0 fully saturated rings. The van der Waals surface area contributed by atoms with Crippen LogP contribution in [0.15, 0.2) is 31.1 Å². The van der Waals surface area contributed by atoms with Crippen LogP contribution in [0.25, 0.3) is 0 Å². The normalized spacial score (nSPS) is 10.8. The summed E-state index contributed by atoms with van der Waals surface area (Å²) in [5.41, 5.74) is 0. The standard InChI is InChI=1S/C7H6F2N2O/c1-2-7(8,9)12-6-10-4-3-5-11-6/h2-5H,1H2. The minimum Gasteiger partial charge on any atom is -0.395 e. The summed E-state index contributed by atoms with van der Waals surface area (Å²) in [4.78, 5) is 6.90. The van der Waals surface area contributed by atoms with Crippen LogP contribution in [0.4, 0.5) is 8.78 Å². The zero-order valence-corrected chi connectivity index (χ0v) is 6.08. The second kappa shape index (κ2) is 3.25. The predicted octanol–water partition coefficient (Wildman–Crippen LogP) is 1.63. The van der Waals surface area contributed by atoms with Crippen LogP contribution in [0.5, 0.6) is 6.01 Å². The predicted molar refractivity (Wildman–Crippen MR) is 37.8 cm³/mol. The molecule has 0 N–H and O–H groups in total. The van der Waals surface area contributed by atoms with E-state index in [9.17, 15) is 8.78 Å². The summed E-state index contributed by atoms with van der Waals surface area (Å²) >= 11 is 0. The molecule has 0 unspecified atom stereocenters. The lowest BCUT2D eigenvalue weighted by Gasteiger charge is -2.10. The van der Waals surface area contributed by atoms with E-state index < -0.39 is 6.11 Å². The lowest BCUT2D eigenvalue weighted by atomic mass is 10.6. The summed E-state index contributed by atoms with van der Waals surface area (Å²) in [6, 6.07) is 1.13. The zero-order chi connectivity index (χ0) is 9.03. The molecule has 12 heavy (non-hydrogen) atoms. The van der Waals surface area contributed by atoms with Gasteiger partial charge >= 0.3 is 12.1 Å². The molecule has 1 heterocycles. The van der Waals surface area contributed by atoms with Gasteiger partial charge in [-0.15, -0.1) is 0 Å². The van der Waals surface area contributed by atoms with Crippen LogP contribution in [-0.4, -0.2) is 16.1 Å². The monoisotopic (exact) mass is 172 g/mol. The Labute approximate surface area is 67.7 Å². The van der Waals surface area contributed by atoms with Crippen molar-refractivity contribution in [1.29, 1.82) is 0 Å². The molecule has 5 heteroatoms. The van der Waals surface area contributed by atoms with Crippen molar-refractivity contribution < 1.29 is 13.5 Å². The van der Waals surface area contributed by atoms with Gasteiger partial charge in [-0.1, -0.05) is 6.58 Å². The highest BCUT2D eigenvalue weighted by Gasteiger charge is 2.27. The molecule has 1 aromatic heterocycles. The Morgan fingerprint density at radius 3 is 2.50 bits per heavy atom. The van der Waals surface area contributed by atoms with Crippen LogP contribution in [0.2, 0.25) is 0 Å². The Balaban J connectivity index is 2.70. The first-order valence-corrected chi connectivity index (χ1v) is 3.11. The third-order valence-electron chi connectivity index (χ3n) is 1.01. The van der Waals surface area contributed by atoms with E-state index in [1.807, 2.05) is 0 Å². The largest absolute Gasteiger partial charge is 0.421 e. The van der Waals surface area contributed by atoms with Crippen molar-refractivity contribution in [3.8, 4) is 6.01 Å². The van der Waals surface area contributed by atoms with Gasteiger partial charge in [0.15, 0.2) is 0 Å². The van der Waals surface area contributed by atoms with Gasteiger partial charge in [-0.05, 0) is 6.07 Å². The highest BCUT2D eigenvalue weighted by atomic mass is 19.3. The van der Waals surface area contributed by atoms with Gasteiger partial charge < -0.3 is 4.74 Å². The molecule has 0 aliphatic rings. The van der Waals surface area contributed by atoms with E-state index in [0.717, 1.165) is 0 Å². The molecular weight excluding hydrogens is 166 g/mol. The van der Waals surface area contributed by atoms with Crippen molar-refractivity contribution in [2.24, 2.45) is 0 Å². The lowest BCUT2D eigenvalue weighted by molar-refractivity contribution is -0.136. The topological polar surface area (TPSA) is 35.0 Å². The van der Waals surface area contributed by atoms with Gasteiger partial charge in [0.2, 0.25) is 0 Å². The second-order valence-electron chi connectivity index (χ2n) is 1.90. The van der Waals surface area contributed by atoms with Gasteiger partial charge in [0.05, 0.1) is 0 Å². The Kier molecular flexibility index (Phi) is 2.32. The number of ether oxygens (including phenoxy) is 1. The van der Waals surface area contributed by atoms with E-state index in [4.69, 9.17) is 0 Å². The van der Waals surface area contributed by atoms with E-state index in [1.54, 1.807) is 0 Å². The van der Waals surface area contributed by atoms with Crippen molar-refractivity contribution in [3.05, 3.63) is 31.1 Å². The van der Waals surface area contributed by atoms with Crippen molar-refractivity contribution in [2.45, 2.75) is 6.11 Å². The average Bonchev–Trinajstić information content (AvgIpc) is 2.06. The van der Waals surface area contributed by atoms with Crippen LogP contribution in [-0.2, 0) is 0 Å². The Morgan fingerprint density at radius 2 is 2.00 bits per heavy atom. The molecular formula is C7H6F2N2O. The fourth-order valence-electron chi connectivity index (χ4n) is 0.501. The molecule has 0 saturated carbocycles. The number of halogens is 2. The minimum atomic E-state index is -3.42. The van der Waals surface area contributed by atoms with Crippen LogP contribution in [0, 0.1) is 0 Å². The third kappa shape index (κ3) is 2.26. The molecule has 0 radical (unpaired) electrons. The summed E-state index contributed by atoms with van der Waals surface area (Å²) in [5, 5.41) is 0. The van der Waals surface area contributed by atoms with Gasteiger partial charge in [0.1, 0.15) is 0 Å². The smallest absolute Gasteiger partial charge is 0.395 e. The average molecular weight is 172 g/mol. The SMILES string of the molecule is C=CC(F)(F)Oc1ncccn1. The van der Waals surface area contributed by atoms with Crippen molar-refractivity contribution in [2.75, 3.05) is 0 Å². The van der Waals surface area contributed by atoms with Gasteiger partial charge in [0, 0.05) is 18.5 Å². The zero-order valence-electron chi connectivity index (χ0n) is 6.08. The molecule has 0 aliphatic heterocycles. The summed E-state index contributed by atoms with van der Waals surface area (Å²) in [7, 11) is 0. The van der Waals surface area contributed by atoms with E-state index in [2.05, 4.69) is 21.3 Å². The van der Waals surface area contributed by atoms with Crippen molar-refractivity contribution in [1.82, 2.24) is 9.97 Å². The van der Waals surface area contributed by atoms with Gasteiger partial charge in [-0.25, -0.2) is 9.97 Å². The number of rotatable bonds is 3. The quantitative estimate of drug-likeness (QED) is 0.650. The molecule has 64 valence electrons. The highest BCUT2D eigenvalue weighted by molar-refractivity contribution is 4.96. The van der Waals surface area contributed by atoms with Crippen LogP contribution < -0.4 is 4.74 Å². The number of nitrogens with zero attached hydrogens (tertiary/aromatic N) is 2. The molecule has 0 atom stereocenters. The molecule has 3 nitrogen and oxygen atoms in total. The first kappa shape index (κ1) is 8.58. The molecule has 0 aliphatic carbocycles. The van der Waals surface area contributed by atoms with Crippen molar-refractivity contribution >= 4 is 0 Å². The van der Waals surface area contributed by atoms with E-state index >= 15 is 0 Å². The van der Waals surface area contributed by atoms with Gasteiger partial charge in [0.25, 0.3) is 0 Å². The molecule has 0 bridgehead atoms. The summed E-state index contributed by atoms with van der Waals surface area (Å²) < 4.78 is 28.9. The van der Waals surface area contributed by atoms with E-state index in [1.165, 1.54) is 18.5 Å². The molecule has 0 spiro atoms. The number of hydrogen-bond donors (Lipinski definition) is 0. The Morgan fingerprint density at radius 1 is 1.42 bits per heavy atom. The summed E-state index contributed by atoms with van der Waals surface area (Å²) in [6.07, 6.45) is -0.423. The molecule has 1 aromatic rings. The van der Waals surface area contributed by atoms with Gasteiger partial charge in [-0.3, -0.25) is 0 Å². The first-order chi connectivity index (χ1) is 5.64. The fourth-order valence-corrected chi connectivity index (χ4v) is 0.501. The second-order valence-corrected chi connectivity index (χ2v) is 1.90. The summed E-state index contributed by atoms with van der Waals surface area (Å²) in [6.45, 7) is 2.90. The maximum atomic E-state index is 12.4. The molecule has 0 aromatic carbocycles. The van der Waals surface area contributed by atoms with Gasteiger partial charge in [-0.2, -0.15) is 8.78 Å². The van der Waals surface area contributed by atoms with E-state index in [-0.39, 0.29) is 6.01 Å². The molecule has 0 amide bonds. The maximum absolute atomic E-state index is 12.4. The Hall–Kier alpha value is -1.52. The minimum absolute atomic E-state index is 0.373. The fraction of sp³-hybridized carbons (Fsp3) is 0.143. The van der Waals surface area contributed by atoms with Crippen molar-refractivity contribution in [3.63, 3.8) is 0 Å². The molecule has 1 rings (SSSR count). The van der Waals surface area contributed by atoms with Crippen LogP contribution >= 0.6 is 0 Å².